The molecular formula is C24H26N2O5. The maximum absolute atomic E-state index is 13.2. The fourth-order valence-corrected chi connectivity index (χ4v) is 3.55. The van der Waals surface area contributed by atoms with Crippen LogP contribution in [0, 0.1) is 5.41 Å². The van der Waals surface area contributed by atoms with Crippen LogP contribution in [0.2, 0.25) is 0 Å². The molecule has 2 amide bonds. The number of nitrogens with one attached hydrogen (secondary N) is 1. The van der Waals surface area contributed by atoms with Crippen molar-refractivity contribution >= 4 is 29.0 Å². The molecule has 0 radical (unpaired) electrons. The minimum Gasteiger partial charge on any atom is -0.503 e. The molecular weight excluding hydrogens is 396 g/mol. The molecule has 7 heteroatoms. The first-order chi connectivity index (χ1) is 14.5. The van der Waals surface area contributed by atoms with Crippen molar-refractivity contribution in [2.45, 2.75) is 33.7 Å². The molecule has 0 aliphatic carbocycles. The smallest absolute Gasteiger partial charge is 0.294 e. The Hall–Kier alpha value is -3.61. The molecule has 7 nitrogen and oxygen atoms in total. The van der Waals surface area contributed by atoms with Crippen LogP contribution >= 0.6 is 0 Å². The van der Waals surface area contributed by atoms with E-state index < -0.39 is 23.1 Å². The third kappa shape index (κ3) is 4.30. The molecule has 3 rings (SSSR count). The van der Waals surface area contributed by atoms with Crippen LogP contribution in [-0.4, -0.2) is 29.8 Å². The number of hydrogen-bond donors (Lipinski definition) is 2. The fraction of sp³-hybridized carbons (Fsp3) is 0.292. The van der Waals surface area contributed by atoms with Gasteiger partial charge < -0.3 is 15.2 Å². The maximum atomic E-state index is 13.2. The number of rotatable bonds is 5. The van der Waals surface area contributed by atoms with Gasteiger partial charge in [-0.15, -0.1) is 0 Å². The Morgan fingerprint density at radius 1 is 1.10 bits per heavy atom. The molecule has 162 valence electrons. The van der Waals surface area contributed by atoms with Crippen LogP contribution in [0.3, 0.4) is 0 Å². The number of aliphatic hydroxyl groups excluding tert-OH is 1. The van der Waals surface area contributed by atoms with E-state index in [0.29, 0.717) is 22.7 Å². The molecule has 0 saturated heterocycles. The van der Waals surface area contributed by atoms with E-state index in [-0.39, 0.29) is 17.3 Å². The number of Topliss-reactive ketones (excluding diaryl/α,β-unsaturated/α-hetero) is 1. The minimum atomic E-state index is -0.822. The van der Waals surface area contributed by atoms with Crippen molar-refractivity contribution in [1.29, 1.82) is 0 Å². The van der Waals surface area contributed by atoms with Crippen molar-refractivity contribution in [3.05, 3.63) is 65.4 Å². The fourth-order valence-electron chi connectivity index (χ4n) is 3.55. The van der Waals surface area contributed by atoms with E-state index in [9.17, 15) is 19.5 Å². The normalized spacial score (nSPS) is 16.5. The standard InChI is InChI=1S/C24H26N2O5/c1-14(27)25-16-7-6-8-17(13-16)26-20(15-9-11-18(31-5)12-10-15)19(21(28)23(26)30)22(29)24(2,3)4/h6-13,20,28H,1-5H3,(H,25,27). The first kappa shape index (κ1) is 22.1. The molecule has 31 heavy (non-hydrogen) atoms. The zero-order valence-electron chi connectivity index (χ0n) is 18.2. The van der Waals surface area contributed by atoms with Crippen LogP contribution in [0.1, 0.15) is 39.3 Å². The van der Waals surface area contributed by atoms with Gasteiger partial charge in [-0.05, 0) is 35.9 Å². The van der Waals surface area contributed by atoms with E-state index in [2.05, 4.69) is 5.32 Å². The van der Waals surface area contributed by atoms with Gasteiger partial charge >= 0.3 is 0 Å². The molecule has 2 aromatic carbocycles. The van der Waals surface area contributed by atoms with E-state index in [4.69, 9.17) is 4.74 Å². The van der Waals surface area contributed by atoms with E-state index >= 15 is 0 Å². The van der Waals surface area contributed by atoms with Crippen LogP contribution in [0.15, 0.2) is 59.9 Å². The highest BCUT2D eigenvalue weighted by Crippen LogP contribution is 2.44. The van der Waals surface area contributed by atoms with Gasteiger partial charge in [0.2, 0.25) is 5.91 Å². The lowest BCUT2D eigenvalue weighted by molar-refractivity contribution is -0.123. The van der Waals surface area contributed by atoms with E-state index in [0.717, 1.165) is 0 Å². The second kappa shape index (κ2) is 8.26. The molecule has 1 aliphatic rings. The summed E-state index contributed by atoms with van der Waals surface area (Å²) in [6.45, 7) is 6.61. The molecule has 2 N–H and O–H groups in total. The quantitative estimate of drug-likeness (QED) is 0.754. The Morgan fingerprint density at radius 2 is 1.74 bits per heavy atom. The van der Waals surface area contributed by atoms with Crippen LogP contribution in [-0.2, 0) is 14.4 Å². The average molecular weight is 422 g/mol. The van der Waals surface area contributed by atoms with Crippen LogP contribution in [0.4, 0.5) is 11.4 Å². The highest BCUT2D eigenvalue weighted by molar-refractivity contribution is 6.17. The number of ketones is 1. The SMILES string of the molecule is COc1ccc(C2C(C(=O)C(C)(C)C)=C(O)C(=O)N2c2cccc(NC(C)=O)c2)cc1. The highest BCUT2D eigenvalue weighted by atomic mass is 16.5. The minimum absolute atomic E-state index is 0.0487. The Labute approximate surface area is 181 Å². The summed E-state index contributed by atoms with van der Waals surface area (Å²) in [5, 5.41) is 13.4. The number of carbonyl (C=O) groups is 3. The van der Waals surface area contributed by atoms with Gasteiger partial charge in [-0.1, -0.05) is 39.0 Å². The van der Waals surface area contributed by atoms with Gasteiger partial charge in [-0.3, -0.25) is 19.3 Å². The summed E-state index contributed by atoms with van der Waals surface area (Å²) in [6, 6.07) is 12.9. The molecule has 0 spiro atoms. The molecule has 1 heterocycles. The molecule has 1 aliphatic heterocycles. The number of hydrogen-bond acceptors (Lipinski definition) is 5. The van der Waals surface area contributed by atoms with Gasteiger partial charge in [0.15, 0.2) is 11.5 Å². The second-order valence-electron chi connectivity index (χ2n) is 8.42. The number of anilines is 2. The van der Waals surface area contributed by atoms with Gasteiger partial charge in [-0.2, -0.15) is 0 Å². The third-order valence-corrected chi connectivity index (χ3v) is 5.01. The Balaban J connectivity index is 2.17. The molecule has 0 saturated carbocycles. The van der Waals surface area contributed by atoms with Crippen molar-refractivity contribution in [3.8, 4) is 5.75 Å². The van der Waals surface area contributed by atoms with Crippen molar-refractivity contribution in [3.63, 3.8) is 0 Å². The van der Waals surface area contributed by atoms with E-state index in [1.165, 1.54) is 11.8 Å². The topological polar surface area (TPSA) is 95.9 Å². The number of carbonyl (C=O) groups excluding carboxylic acids is 3. The first-order valence-electron chi connectivity index (χ1n) is 9.87. The van der Waals surface area contributed by atoms with Gasteiger partial charge in [0, 0.05) is 23.7 Å². The Kier molecular flexibility index (Phi) is 5.88. The monoisotopic (exact) mass is 422 g/mol. The Morgan fingerprint density at radius 3 is 2.29 bits per heavy atom. The zero-order valence-corrected chi connectivity index (χ0v) is 18.2. The molecule has 0 bridgehead atoms. The molecule has 0 aromatic heterocycles. The van der Waals surface area contributed by atoms with Crippen molar-refractivity contribution < 1.29 is 24.2 Å². The zero-order chi connectivity index (χ0) is 22.9. The van der Waals surface area contributed by atoms with Crippen LogP contribution in [0.25, 0.3) is 0 Å². The lowest BCUT2D eigenvalue weighted by Gasteiger charge is -2.29. The van der Waals surface area contributed by atoms with Gasteiger partial charge in [0.1, 0.15) is 5.75 Å². The predicted molar refractivity (Wildman–Crippen MR) is 118 cm³/mol. The van der Waals surface area contributed by atoms with Gasteiger partial charge in [0.05, 0.1) is 18.7 Å². The van der Waals surface area contributed by atoms with Crippen molar-refractivity contribution in [2.24, 2.45) is 5.41 Å². The largest absolute Gasteiger partial charge is 0.503 e. The average Bonchev–Trinajstić information content (AvgIpc) is 2.97. The lowest BCUT2D eigenvalue weighted by Crippen LogP contribution is -2.32. The molecule has 1 atom stereocenters. The Bertz CT molecular complexity index is 1060. The number of methoxy groups -OCH3 is 1. The summed E-state index contributed by atoms with van der Waals surface area (Å²) < 4.78 is 5.22. The number of ether oxygens (including phenoxy) is 1. The molecule has 0 fully saturated rings. The van der Waals surface area contributed by atoms with Gasteiger partial charge in [0.25, 0.3) is 5.91 Å². The summed E-state index contributed by atoms with van der Waals surface area (Å²) in [5.74, 6) is -1.18. The van der Waals surface area contributed by atoms with Crippen molar-refractivity contribution in [2.75, 3.05) is 17.3 Å². The summed E-state index contributed by atoms with van der Waals surface area (Å²) in [6.07, 6.45) is 0. The third-order valence-electron chi connectivity index (χ3n) is 5.01. The first-order valence-corrected chi connectivity index (χ1v) is 9.87. The van der Waals surface area contributed by atoms with Crippen molar-refractivity contribution in [1.82, 2.24) is 0 Å². The molecule has 2 aromatic rings. The van der Waals surface area contributed by atoms with E-state index in [1.807, 2.05) is 0 Å². The number of benzene rings is 2. The highest BCUT2D eigenvalue weighted by Gasteiger charge is 2.46. The summed E-state index contributed by atoms with van der Waals surface area (Å²) in [5.41, 5.74) is 0.840. The van der Waals surface area contributed by atoms with E-state index in [1.54, 1.807) is 76.4 Å². The summed E-state index contributed by atoms with van der Waals surface area (Å²) >= 11 is 0. The lowest BCUT2D eigenvalue weighted by atomic mass is 9.82. The number of nitrogens with zero attached hydrogens (tertiary/aromatic N) is 1. The van der Waals surface area contributed by atoms with Crippen LogP contribution < -0.4 is 15.0 Å². The number of amides is 2. The second-order valence-corrected chi connectivity index (χ2v) is 8.42. The number of aliphatic hydroxyl groups is 1. The predicted octanol–water partition coefficient (Wildman–Crippen LogP) is 4.17. The van der Waals surface area contributed by atoms with Crippen LogP contribution in [0.5, 0.6) is 5.75 Å². The maximum Gasteiger partial charge on any atom is 0.294 e. The molecule has 1 unspecified atom stereocenters. The summed E-state index contributed by atoms with van der Waals surface area (Å²) in [7, 11) is 1.55. The van der Waals surface area contributed by atoms with Gasteiger partial charge in [-0.25, -0.2) is 0 Å². The summed E-state index contributed by atoms with van der Waals surface area (Å²) in [4.78, 5) is 39.2.